The van der Waals surface area contributed by atoms with Gasteiger partial charge >= 0.3 is 0 Å². The van der Waals surface area contributed by atoms with Crippen LogP contribution in [0.3, 0.4) is 0 Å². The van der Waals surface area contributed by atoms with E-state index in [0.29, 0.717) is 13.0 Å². The SMILES string of the molecule is Cc1nn(-c2ccccc2)c(C)c1CC(=O)NNC(=O)CCN1CCN(c2ccccc2)CC1. The van der Waals surface area contributed by atoms with Gasteiger partial charge in [-0.15, -0.1) is 0 Å². The average molecular weight is 461 g/mol. The molecule has 0 atom stereocenters. The van der Waals surface area contributed by atoms with Crippen LogP contribution in [0, 0.1) is 13.8 Å². The minimum Gasteiger partial charge on any atom is -0.369 e. The molecule has 2 aromatic carbocycles. The molecule has 1 saturated heterocycles. The van der Waals surface area contributed by atoms with Gasteiger partial charge in [-0.3, -0.25) is 25.3 Å². The minimum atomic E-state index is -0.261. The summed E-state index contributed by atoms with van der Waals surface area (Å²) in [7, 11) is 0. The molecule has 0 aliphatic carbocycles. The van der Waals surface area contributed by atoms with Crippen LogP contribution in [0.2, 0.25) is 0 Å². The van der Waals surface area contributed by atoms with Gasteiger partial charge in [-0.1, -0.05) is 36.4 Å². The number of nitrogens with one attached hydrogen (secondary N) is 2. The van der Waals surface area contributed by atoms with Crippen molar-refractivity contribution in [1.29, 1.82) is 0 Å². The zero-order valence-corrected chi connectivity index (χ0v) is 19.8. The van der Waals surface area contributed by atoms with Crippen molar-refractivity contribution in [3.8, 4) is 5.69 Å². The molecule has 3 aromatic rings. The van der Waals surface area contributed by atoms with Gasteiger partial charge in [-0.25, -0.2) is 4.68 Å². The van der Waals surface area contributed by atoms with Crippen molar-refractivity contribution in [1.82, 2.24) is 25.5 Å². The number of para-hydroxylation sites is 2. The molecule has 2 heterocycles. The van der Waals surface area contributed by atoms with Crippen molar-refractivity contribution in [2.24, 2.45) is 0 Å². The number of hydrogen-bond acceptors (Lipinski definition) is 5. The van der Waals surface area contributed by atoms with Gasteiger partial charge in [-0.05, 0) is 38.1 Å². The largest absolute Gasteiger partial charge is 0.369 e. The molecule has 34 heavy (non-hydrogen) atoms. The van der Waals surface area contributed by atoms with E-state index in [1.165, 1.54) is 5.69 Å². The van der Waals surface area contributed by atoms with Crippen LogP contribution < -0.4 is 15.8 Å². The molecule has 4 rings (SSSR count). The monoisotopic (exact) mass is 460 g/mol. The first-order chi connectivity index (χ1) is 16.5. The van der Waals surface area contributed by atoms with E-state index in [9.17, 15) is 9.59 Å². The second-order valence-electron chi connectivity index (χ2n) is 8.58. The Hall–Kier alpha value is -3.65. The number of amides is 2. The second-order valence-corrected chi connectivity index (χ2v) is 8.58. The molecular weight excluding hydrogens is 428 g/mol. The van der Waals surface area contributed by atoms with Gasteiger partial charge in [0.1, 0.15) is 0 Å². The van der Waals surface area contributed by atoms with Gasteiger partial charge in [0.05, 0.1) is 17.8 Å². The number of hydrazine groups is 1. The van der Waals surface area contributed by atoms with Crippen molar-refractivity contribution in [2.45, 2.75) is 26.7 Å². The van der Waals surface area contributed by atoms with Crippen molar-refractivity contribution in [3.05, 3.63) is 77.6 Å². The molecule has 8 heteroatoms. The minimum absolute atomic E-state index is 0.159. The Morgan fingerprint density at radius 1 is 0.824 bits per heavy atom. The van der Waals surface area contributed by atoms with E-state index < -0.39 is 0 Å². The predicted molar refractivity (Wildman–Crippen MR) is 133 cm³/mol. The summed E-state index contributed by atoms with van der Waals surface area (Å²) in [5, 5.41) is 4.57. The number of nitrogens with zero attached hydrogens (tertiary/aromatic N) is 4. The fourth-order valence-corrected chi connectivity index (χ4v) is 4.29. The Morgan fingerprint density at radius 3 is 2.06 bits per heavy atom. The highest BCUT2D eigenvalue weighted by Crippen LogP contribution is 2.18. The van der Waals surface area contributed by atoms with E-state index in [0.717, 1.165) is 48.8 Å². The Morgan fingerprint density at radius 2 is 1.41 bits per heavy atom. The van der Waals surface area contributed by atoms with Crippen molar-refractivity contribution < 1.29 is 9.59 Å². The number of carbonyl (C=O) groups excluding carboxylic acids is 2. The van der Waals surface area contributed by atoms with Crippen LogP contribution in [0.4, 0.5) is 5.69 Å². The number of rotatable bonds is 7. The molecule has 0 unspecified atom stereocenters. The summed E-state index contributed by atoms with van der Waals surface area (Å²) in [5.74, 6) is -0.448. The van der Waals surface area contributed by atoms with Gasteiger partial charge in [0.25, 0.3) is 0 Å². The Kier molecular flexibility index (Phi) is 7.59. The first-order valence-corrected chi connectivity index (χ1v) is 11.7. The number of benzene rings is 2. The van der Waals surface area contributed by atoms with Gasteiger partial charge < -0.3 is 4.90 Å². The molecular formula is C26H32N6O2. The number of piperazine rings is 1. The molecule has 2 amide bonds. The van der Waals surface area contributed by atoms with Crippen molar-refractivity contribution in [2.75, 3.05) is 37.6 Å². The molecule has 0 radical (unpaired) electrons. The summed E-state index contributed by atoms with van der Waals surface area (Å²) < 4.78 is 1.84. The number of hydrogen-bond donors (Lipinski definition) is 2. The highest BCUT2D eigenvalue weighted by molar-refractivity contribution is 5.83. The Bertz CT molecular complexity index is 1110. The van der Waals surface area contributed by atoms with Gasteiger partial charge in [0, 0.05) is 56.1 Å². The number of aryl methyl sites for hydroxylation is 1. The van der Waals surface area contributed by atoms with E-state index in [4.69, 9.17) is 0 Å². The molecule has 178 valence electrons. The van der Waals surface area contributed by atoms with Crippen LogP contribution in [-0.4, -0.2) is 59.2 Å². The van der Waals surface area contributed by atoms with Gasteiger partial charge in [0.15, 0.2) is 0 Å². The van der Waals surface area contributed by atoms with Gasteiger partial charge in [0.2, 0.25) is 11.8 Å². The fraction of sp³-hybridized carbons (Fsp3) is 0.346. The van der Waals surface area contributed by atoms with E-state index in [-0.39, 0.29) is 18.2 Å². The number of aromatic nitrogens is 2. The quantitative estimate of drug-likeness (QED) is 0.529. The molecule has 1 aromatic heterocycles. The highest BCUT2D eigenvalue weighted by atomic mass is 16.2. The second kappa shape index (κ2) is 11.0. The zero-order chi connectivity index (χ0) is 23.9. The first-order valence-electron chi connectivity index (χ1n) is 11.7. The van der Waals surface area contributed by atoms with Crippen LogP contribution in [0.25, 0.3) is 5.69 Å². The van der Waals surface area contributed by atoms with Crippen LogP contribution in [0.1, 0.15) is 23.4 Å². The third-order valence-corrected chi connectivity index (χ3v) is 6.27. The predicted octanol–water partition coefficient (Wildman–Crippen LogP) is 2.39. The summed E-state index contributed by atoms with van der Waals surface area (Å²) in [6, 6.07) is 20.2. The standard InChI is InChI=1S/C26H32N6O2/c1-20-24(21(2)32(29-20)23-11-7-4-8-12-23)19-26(34)28-27-25(33)13-14-30-15-17-31(18-16-30)22-9-5-3-6-10-22/h3-12H,13-19H2,1-2H3,(H,27,33)(H,28,34). The van der Waals surface area contributed by atoms with Crippen LogP contribution in [-0.2, 0) is 16.0 Å². The third kappa shape index (κ3) is 5.82. The lowest BCUT2D eigenvalue weighted by Crippen LogP contribution is -2.48. The summed E-state index contributed by atoms with van der Waals surface area (Å²) >= 11 is 0. The first kappa shape index (κ1) is 23.5. The zero-order valence-electron chi connectivity index (χ0n) is 19.8. The topological polar surface area (TPSA) is 82.5 Å². The lowest BCUT2D eigenvalue weighted by atomic mass is 10.1. The molecule has 0 spiro atoms. The number of anilines is 1. The summed E-state index contributed by atoms with van der Waals surface area (Å²) in [4.78, 5) is 29.4. The highest BCUT2D eigenvalue weighted by Gasteiger charge is 2.19. The molecule has 8 nitrogen and oxygen atoms in total. The van der Waals surface area contributed by atoms with Crippen LogP contribution >= 0.6 is 0 Å². The fourth-order valence-electron chi connectivity index (χ4n) is 4.29. The summed E-state index contributed by atoms with van der Waals surface area (Å²) in [5.41, 5.74) is 9.88. The Labute approximate surface area is 200 Å². The van der Waals surface area contributed by atoms with Crippen LogP contribution in [0.15, 0.2) is 60.7 Å². The molecule has 1 aliphatic rings. The molecule has 0 saturated carbocycles. The normalized spacial score (nSPS) is 14.1. The summed E-state index contributed by atoms with van der Waals surface area (Å²) in [6.45, 7) is 8.23. The van der Waals surface area contributed by atoms with E-state index in [2.05, 4.69) is 50.0 Å². The van der Waals surface area contributed by atoms with E-state index >= 15 is 0 Å². The maximum atomic E-state index is 12.5. The molecule has 0 bridgehead atoms. The molecule has 1 aliphatic heterocycles. The summed E-state index contributed by atoms with van der Waals surface area (Å²) in [6.07, 6.45) is 0.502. The Balaban J connectivity index is 1.19. The van der Waals surface area contributed by atoms with E-state index in [1.807, 2.05) is 54.9 Å². The van der Waals surface area contributed by atoms with E-state index in [1.54, 1.807) is 0 Å². The van der Waals surface area contributed by atoms with Crippen molar-refractivity contribution in [3.63, 3.8) is 0 Å². The third-order valence-electron chi connectivity index (χ3n) is 6.27. The smallest absolute Gasteiger partial charge is 0.242 e. The average Bonchev–Trinajstić information content (AvgIpc) is 3.16. The maximum absolute atomic E-state index is 12.5. The lowest BCUT2D eigenvalue weighted by molar-refractivity contribution is -0.128. The molecule has 1 fully saturated rings. The number of carbonyl (C=O) groups is 2. The van der Waals surface area contributed by atoms with Crippen LogP contribution in [0.5, 0.6) is 0 Å². The maximum Gasteiger partial charge on any atom is 0.242 e. The molecule has 2 N–H and O–H groups in total. The lowest BCUT2D eigenvalue weighted by Gasteiger charge is -2.36. The van der Waals surface area contributed by atoms with Crippen molar-refractivity contribution >= 4 is 17.5 Å². The van der Waals surface area contributed by atoms with Gasteiger partial charge in [-0.2, -0.15) is 5.10 Å².